The summed E-state index contributed by atoms with van der Waals surface area (Å²) in [5, 5.41) is 5.01. The van der Waals surface area contributed by atoms with Crippen molar-refractivity contribution in [2.24, 2.45) is 0 Å². The molecular formula is C21H22ClF2N5. The number of aryl methyl sites for hydroxylation is 2. The zero-order valence-electron chi connectivity index (χ0n) is 16.5. The Morgan fingerprint density at radius 1 is 1.17 bits per heavy atom. The van der Waals surface area contributed by atoms with Gasteiger partial charge in [0.05, 0.1) is 5.69 Å². The summed E-state index contributed by atoms with van der Waals surface area (Å²) in [5.41, 5.74) is 4.85. The smallest absolute Gasteiger partial charge is 0.280 e. The van der Waals surface area contributed by atoms with E-state index in [-0.39, 0.29) is 17.4 Å². The summed E-state index contributed by atoms with van der Waals surface area (Å²) in [6.07, 6.45) is 0.842. The molecule has 1 atom stereocenters. The van der Waals surface area contributed by atoms with Gasteiger partial charge in [0.1, 0.15) is 12.0 Å². The van der Waals surface area contributed by atoms with Crippen molar-refractivity contribution in [3.8, 4) is 0 Å². The Labute approximate surface area is 173 Å². The van der Waals surface area contributed by atoms with E-state index < -0.39 is 6.43 Å². The predicted octanol–water partition coefficient (Wildman–Crippen LogP) is 4.88. The van der Waals surface area contributed by atoms with Gasteiger partial charge in [0.25, 0.3) is 12.2 Å². The van der Waals surface area contributed by atoms with Crippen molar-refractivity contribution >= 4 is 17.4 Å². The molecule has 3 aromatic rings. The van der Waals surface area contributed by atoms with Gasteiger partial charge in [0.2, 0.25) is 0 Å². The largest absolute Gasteiger partial charge is 0.294 e. The number of fused-ring (bicyclic) bond motifs is 1. The predicted molar refractivity (Wildman–Crippen MR) is 108 cm³/mol. The molecule has 0 saturated heterocycles. The molecule has 8 heteroatoms. The highest BCUT2D eigenvalue weighted by atomic mass is 35.5. The molecule has 152 valence electrons. The Hall–Kier alpha value is -2.38. The monoisotopic (exact) mass is 417 g/mol. The molecular weight excluding hydrogens is 396 g/mol. The van der Waals surface area contributed by atoms with Gasteiger partial charge >= 0.3 is 0 Å². The third-order valence-electron chi connectivity index (χ3n) is 5.44. The molecule has 4 rings (SSSR count). The molecule has 0 N–H and O–H groups in total. The van der Waals surface area contributed by atoms with Crippen molar-refractivity contribution in [3.63, 3.8) is 0 Å². The van der Waals surface area contributed by atoms with Crippen LogP contribution in [0.2, 0.25) is 5.02 Å². The zero-order chi connectivity index (χ0) is 20.7. The lowest BCUT2D eigenvalue weighted by atomic mass is 9.91. The lowest BCUT2D eigenvalue weighted by Gasteiger charge is -2.32. The SMILES string of the molecule is CC1=CCN(Cc2cc(C)c(Cl)c(C)c2)C[C@H]1c1cc(C(F)F)nc2ncnn12. The second-order valence-corrected chi connectivity index (χ2v) is 7.99. The summed E-state index contributed by atoms with van der Waals surface area (Å²) in [7, 11) is 0. The average molecular weight is 418 g/mol. The molecule has 2 aromatic heterocycles. The first kappa shape index (κ1) is 19.9. The molecule has 3 heterocycles. The molecule has 5 nitrogen and oxygen atoms in total. The zero-order valence-corrected chi connectivity index (χ0v) is 17.3. The normalized spacial score (nSPS) is 17.9. The maximum absolute atomic E-state index is 13.4. The molecule has 0 aliphatic carbocycles. The van der Waals surface area contributed by atoms with Crippen molar-refractivity contribution in [1.29, 1.82) is 0 Å². The van der Waals surface area contributed by atoms with Crippen LogP contribution in [0.5, 0.6) is 0 Å². The maximum Gasteiger partial charge on any atom is 0.280 e. The fourth-order valence-corrected chi connectivity index (χ4v) is 4.06. The van der Waals surface area contributed by atoms with Gasteiger partial charge in [-0.05, 0) is 43.5 Å². The minimum atomic E-state index is -2.65. The summed E-state index contributed by atoms with van der Waals surface area (Å²) in [5.74, 6) is 0.134. The Bertz CT molecular complexity index is 1070. The van der Waals surface area contributed by atoms with Gasteiger partial charge < -0.3 is 0 Å². The van der Waals surface area contributed by atoms with Crippen LogP contribution >= 0.6 is 11.6 Å². The number of nitrogens with zero attached hydrogens (tertiary/aromatic N) is 5. The van der Waals surface area contributed by atoms with Crippen LogP contribution in [0.4, 0.5) is 8.78 Å². The first-order valence-electron chi connectivity index (χ1n) is 9.47. The van der Waals surface area contributed by atoms with Crippen molar-refractivity contribution in [1.82, 2.24) is 24.5 Å². The Morgan fingerprint density at radius 3 is 2.59 bits per heavy atom. The first-order valence-corrected chi connectivity index (χ1v) is 9.84. The van der Waals surface area contributed by atoms with Gasteiger partial charge in [0.15, 0.2) is 0 Å². The highest BCUT2D eigenvalue weighted by Crippen LogP contribution is 2.31. The standard InChI is InChI=1S/C21H22ClF2N5/c1-12-4-5-28(9-15-6-13(2)19(22)14(3)7-15)10-16(12)18-8-17(20(23)24)27-21-25-11-26-29(18)21/h4,6-8,11,16,20H,5,9-10H2,1-3H3/t16-/m1/s1. The highest BCUT2D eigenvalue weighted by molar-refractivity contribution is 6.32. The second kappa shape index (κ2) is 7.80. The van der Waals surface area contributed by atoms with Crippen LogP contribution in [0.25, 0.3) is 5.78 Å². The van der Waals surface area contributed by atoms with Crippen molar-refractivity contribution in [2.45, 2.75) is 39.7 Å². The van der Waals surface area contributed by atoms with Crippen LogP contribution in [0, 0.1) is 13.8 Å². The van der Waals surface area contributed by atoms with Crippen LogP contribution in [0.3, 0.4) is 0 Å². The summed E-state index contributed by atoms with van der Waals surface area (Å²) in [6, 6.07) is 5.66. The van der Waals surface area contributed by atoms with E-state index in [9.17, 15) is 8.78 Å². The molecule has 1 aliphatic rings. The van der Waals surface area contributed by atoms with E-state index in [1.54, 1.807) is 4.52 Å². The second-order valence-electron chi connectivity index (χ2n) is 7.62. The van der Waals surface area contributed by atoms with Gasteiger partial charge in [-0.25, -0.2) is 18.3 Å². The van der Waals surface area contributed by atoms with Crippen molar-refractivity contribution in [2.75, 3.05) is 13.1 Å². The third kappa shape index (κ3) is 3.89. The Morgan fingerprint density at radius 2 is 1.90 bits per heavy atom. The van der Waals surface area contributed by atoms with Crippen LogP contribution in [0.15, 0.2) is 36.2 Å². The molecule has 0 bridgehead atoms. The van der Waals surface area contributed by atoms with Gasteiger partial charge in [-0.1, -0.05) is 35.4 Å². The number of aromatic nitrogens is 4. The fraction of sp³-hybridized carbons (Fsp3) is 0.381. The summed E-state index contributed by atoms with van der Waals surface area (Å²) in [4.78, 5) is 10.2. The number of hydrogen-bond donors (Lipinski definition) is 0. The number of halogens is 3. The summed E-state index contributed by atoms with van der Waals surface area (Å²) >= 11 is 6.29. The van der Waals surface area contributed by atoms with Gasteiger partial charge in [-0.3, -0.25) is 4.90 Å². The van der Waals surface area contributed by atoms with Crippen LogP contribution in [0.1, 0.15) is 47.3 Å². The lowest BCUT2D eigenvalue weighted by Crippen LogP contribution is -2.33. The molecule has 0 amide bonds. The Balaban J connectivity index is 1.66. The van der Waals surface area contributed by atoms with E-state index in [0.29, 0.717) is 12.2 Å². The fourth-order valence-electron chi connectivity index (χ4n) is 3.95. The third-order valence-corrected chi connectivity index (χ3v) is 6.04. The van der Waals surface area contributed by atoms with E-state index in [1.807, 2.05) is 20.8 Å². The first-order chi connectivity index (χ1) is 13.8. The van der Waals surface area contributed by atoms with Crippen molar-refractivity contribution in [3.05, 3.63) is 69.3 Å². The van der Waals surface area contributed by atoms with Crippen LogP contribution in [-0.4, -0.2) is 37.6 Å². The maximum atomic E-state index is 13.4. The molecule has 1 aromatic carbocycles. The summed E-state index contributed by atoms with van der Waals surface area (Å²) in [6.45, 7) is 8.30. The molecule has 29 heavy (non-hydrogen) atoms. The van der Waals surface area contributed by atoms with Gasteiger partial charge in [-0.15, -0.1) is 0 Å². The van der Waals surface area contributed by atoms with E-state index in [4.69, 9.17) is 11.6 Å². The van der Waals surface area contributed by atoms with Crippen molar-refractivity contribution < 1.29 is 8.78 Å². The summed E-state index contributed by atoms with van der Waals surface area (Å²) < 4.78 is 28.3. The number of rotatable bonds is 4. The molecule has 0 spiro atoms. The van der Waals surface area contributed by atoms with E-state index in [0.717, 1.165) is 34.8 Å². The van der Waals surface area contributed by atoms with E-state index >= 15 is 0 Å². The Kier molecular flexibility index (Phi) is 5.36. The molecule has 0 radical (unpaired) electrons. The minimum absolute atomic E-state index is 0.0667. The number of benzene rings is 1. The number of alkyl halides is 2. The highest BCUT2D eigenvalue weighted by Gasteiger charge is 2.26. The molecule has 1 aliphatic heterocycles. The van der Waals surface area contributed by atoms with Gasteiger partial charge in [0, 0.05) is 30.6 Å². The van der Waals surface area contributed by atoms with Gasteiger partial charge in [-0.2, -0.15) is 10.1 Å². The quantitative estimate of drug-likeness (QED) is 0.568. The molecule has 0 unspecified atom stereocenters. The minimum Gasteiger partial charge on any atom is -0.294 e. The van der Waals surface area contributed by atoms with Crippen LogP contribution < -0.4 is 0 Å². The van der Waals surface area contributed by atoms with Crippen LogP contribution in [-0.2, 0) is 6.54 Å². The topological polar surface area (TPSA) is 46.3 Å². The van der Waals surface area contributed by atoms with E-state index in [1.165, 1.54) is 18.0 Å². The average Bonchev–Trinajstić information content (AvgIpc) is 3.15. The van der Waals surface area contributed by atoms with E-state index in [2.05, 4.69) is 38.2 Å². The number of hydrogen-bond acceptors (Lipinski definition) is 4. The molecule has 0 saturated carbocycles. The molecule has 0 fully saturated rings. The lowest BCUT2D eigenvalue weighted by molar-refractivity contribution is 0.146.